The molecule has 110 valence electrons. The van der Waals surface area contributed by atoms with Crippen LogP contribution in [0.1, 0.15) is 12.6 Å². The maximum absolute atomic E-state index is 12.0. The van der Waals surface area contributed by atoms with E-state index in [9.17, 15) is 4.79 Å². The number of anilines is 1. The highest BCUT2D eigenvalue weighted by molar-refractivity contribution is 5.81. The smallest absolute Gasteiger partial charge is 0.239 e. The van der Waals surface area contributed by atoms with Gasteiger partial charge in [0.25, 0.3) is 0 Å². The van der Waals surface area contributed by atoms with Crippen LogP contribution in [-0.2, 0) is 16.1 Å². The minimum atomic E-state index is -0.264. The molecule has 1 aromatic heterocycles. The minimum absolute atomic E-state index is 0.000282. The van der Waals surface area contributed by atoms with Gasteiger partial charge in [0.1, 0.15) is 6.04 Å². The number of nitrogen functional groups attached to an aromatic ring is 1. The molecule has 20 heavy (non-hydrogen) atoms. The zero-order chi connectivity index (χ0) is 14.4. The number of carbonyl (C=O) groups is 1. The summed E-state index contributed by atoms with van der Waals surface area (Å²) < 4.78 is 5.41. The molecule has 0 aliphatic carbocycles. The van der Waals surface area contributed by atoms with E-state index in [0.717, 1.165) is 11.4 Å². The lowest BCUT2D eigenvalue weighted by Gasteiger charge is -2.34. The molecule has 1 fully saturated rings. The molecule has 1 aliphatic rings. The van der Waals surface area contributed by atoms with E-state index < -0.39 is 0 Å². The Morgan fingerprint density at radius 1 is 1.65 bits per heavy atom. The maximum atomic E-state index is 12.0. The van der Waals surface area contributed by atoms with Gasteiger partial charge >= 0.3 is 0 Å². The van der Waals surface area contributed by atoms with Gasteiger partial charge in [-0.15, -0.1) is 0 Å². The van der Waals surface area contributed by atoms with Gasteiger partial charge in [-0.3, -0.25) is 20.5 Å². The van der Waals surface area contributed by atoms with Crippen molar-refractivity contribution in [3.63, 3.8) is 0 Å². The molecule has 2 rings (SSSR count). The molecule has 0 aromatic carbocycles. The first kappa shape index (κ1) is 14.7. The Labute approximate surface area is 118 Å². The molecule has 7 heteroatoms. The number of hydrogen-bond donors (Lipinski definition) is 3. The summed E-state index contributed by atoms with van der Waals surface area (Å²) in [5.41, 5.74) is 4.27. The molecule has 1 unspecified atom stereocenters. The predicted octanol–water partition coefficient (Wildman–Crippen LogP) is -0.296. The van der Waals surface area contributed by atoms with Crippen LogP contribution in [0, 0.1) is 0 Å². The molecule has 0 bridgehead atoms. The summed E-state index contributed by atoms with van der Waals surface area (Å²) in [5, 5.41) is 2.84. The van der Waals surface area contributed by atoms with E-state index >= 15 is 0 Å². The van der Waals surface area contributed by atoms with Crippen LogP contribution < -0.4 is 16.6 Å². The van der Waals surface area contributed by atoms with E-state index in [-0.39, 0.29) is 11.9 Å². The molecule has 0 radical (unpaired) electrons. The molecule has 4 N–H and O–H groups in total. The van der Waals surface area contributed by atoms with Gasteiger partial charge in [-0.1, -0.05) is 0 Å². The average molecular weight is 279 g/mol. The van der Waals surface area contributed by atoms with Crippen molar-refractivity contribution < 1.29 is 9.53 Å². The van der Waals surface area contributed by atoms with Crippen molar-refractivity contribution in [3.05, 3.63) is 24.0 Å². The summed E-state index contributed by atoms with van der Waals surface area (Å²) in [7, 11) is 0. The SMILES string of the molecule is CCNC(=O)C1COCCN1Cc1cc(NN)ccn1. The first-order chi connectivity index (χ1) is 9.74. The van der Waals surface area contributed by atoms with E-state index in [1.807, 2.05) is 13.0 Å². The molecule has 1 saturated heterocycles. The number of nitrogens with zero attached hydrogens (tertiary/aromatic N) is 2. The van der Waals surface area contributed by atoms with Crippen molar-refractivity contribution in [2.75, 3.05) is 31.7 Å². The maximum Gasteiger partial charge on any atom is 0.239 e. The van der Waals surface area contributed by atoms with Crippen LogP contribution in [0.2, 0.25) is 0 Å². The summed E-state index contributed by atoms with van der Waals surface area (Å²) >= 11 is 0. The topological polar surface area (TPSA) is 92.5 Å². The van der Waals surface area contributed by atoms with Gasteiger partial charge in [-0.05, 0) is 19.1 Å². The van der Waals surface area contributed by atoms with E-state index in [1.54, 1.807) is 12.3 Å². The summed E-state index contributed by atoms with van der Waals surface area (Å²) in [6, 6.07) is 3.41. The molecule has 2 heterocycles. The van der Waals surface area contributed by atoms with Gasteiger partial charge in [0, 0.05) is 25.8 Å². The number of aromatic nitrogens is 1. The zero-order valence-corrected chi connectivity index (χ0v) is 11.6. The Bertz CT molecular complexity index is 454. The molecule has 0 saturated carbocycles. The summed E-state index contributed by atoms with van der Waals surface area (Å²) in [6.07, 6.45) is 1.70. The highest BCUT2D eigenvalue weighted by atomic mass is 16.5. The van der Waals surface area contributed by atoms with E-state index in [0.29, 0.717) is 32.8 Å². The van der Waals surface area contributed by atoms with Gasteiger partial charge in [0.2, 0.25) is 5.91 Å². The van der Waals surface area contributed by atoms with Gasteiger partial charge in [-0.2, -0.15) is 0 Å². The largest absolute Gasteiger partial charge is 0.378 e. The van der Waals surface area contributed by atoms with Crippen molar-refractivity contribution >= 4 is 11.6 Å². The normalized spacial score (nSPS) is 19.6. The second-order valence-corrected chi connectivity index (χ2v) is 4.64. The minimum Gasteiger partial charge on any atom is -0.378 e. The standard InChI is InChI=1S/C13H21N5O2/c1-2-15-13(19)12-9-20-6-5-18(12)8-11-7-10(17-14)3-4-16-11/h3-4,7,12H,2,5-6,8-9,14H2,1H3,(H,15,19)(H,16,17). The third-order valence-electron chi connectivity index (χ3n) is 3.24. The van der Waals surface area contributed by atoms with Gasteiger partial charge < -0.3 is 15.5 Å². The number of pyridine rings is 1. The number of rotatable bonds is 5. The Kier molecular flexibility index (Phi) is 5.28. The summed E-state index contributed by atoms with van der Waals surface area (Å²) in [5.74, 6) is 5.39. The van der Waals surface area contributed by atoms with Crippen LogP contribution in [0.15, 0.2) is 18.3 Å². The average Bonchev–Trinajstić information content (AvgIpc) is 2.48. The van der Waals surface area contributed by atoms with Crippen molar-refractivity contribution in [3.8, 4) is 0 Å². The van der Waals surface area contributed by atoms with Crippen LogP contribution in [0.25, 0.3) is 0 Å². The second-order valence-electron chi connectivity index (χ2n) is 4.64. The Hall–Kier alpha value is -1.70. The lowest BCUT2D eigenvalue weighted by Crippen LogP contribution is -2.53. The highest BCUT2D eigenvalue weighted by Gasteiger charge is 2.29. The first-order valence-electron chi connectivity index (χ1n) is 6.75. The Morgan fingerprint density at radius 2 is 2.50 bits per heavy atom. The van der Waals surface area contributed by atoms with Crippen molar-refractivity contribution in [1.82, 2.24) is 15.2 Å². The third-order valence-corrected chi connectivity index (χ3v) is 3.24. The Balaban J connectivity index is 2.06. The molecule has 1 aliphatic heterocycles. The third kappa shape index (κ3) is 3.66. The number of carbonyl (C=O) groups excluding carboxylic acids is 1. The van der Waals surface area contributed by atoms with Crippen LogP contribution in [-0.4, -0.2) is 48.1 Å². The number of likely N-dealkylation sites (N-methyl/N-ethyl adjacent to an activating group) is 1. The Morgan fingerprint density at radius 3 is 3.25 bits per heavy atom. The number of hydrogen-bond acceptors (Lipinski definition) is 6. The number of nitrogens with two attached hydrogens (primary N) is 1. The van der Waals surface area contributed by atoms with Gasteiger partial charge in [0.05, 0.1) is 24.6 Å². The van der Waals surface area contributed by atoms with Crippen LogP contribution in [0.3, 0.4) is 0 Å². The molecule has 0 spiro atoms. The van der Waals surface area contributed by atoms with Gasteiger partial charge in [-0.25, -0.2) is 0 Å². The van der Waals surface area contributed by atoms with Crippen molar-refractivity contribution in [2.24, 2.45) is 5.84 Å². The van der Waals surface area contributed by atoms with Crippen molar-refractivity contribution in [2.45, 2.75) is 19.5 Å². The fourth-order valence-corrected chi connectivity index (χ4v) is 2.22. The second kappa shape index (κ2) is 7.18. The molecule has 1 atom stereocenters. The van der Waals surface area contributed by atoms with E-state index in [2.05, 4.69) is 20.6 Å². The van der Waals surface area contributed by atoms with Crippen molar-refractivity contribution in [1.29, 1.82) is 0 Å². The van der Waals surface area contributed by atoms with E-state index in [1.165, 1.54) is 0 Å². The number of amides is 1. The zero-order valence-electron chi connectivity index (χ0n) is 11.6. The van der Waals surface area contributed by atoms with Crippen LogP contribution in [0.5, 0.6) is 0 Å². The number of nitrogens with one attached hydrogen (secondary N) is 2. The number of morpholine rings is 1. The quantitative estimate of drug-likeness (QED) is 0.506. The van der Waals surface area contributed by atoms with Crippen LogP contribution in [0.4, 0.5) is 5.69 Å². The molecule has 7 nitrogen and oxygen atoms in total. The molecular weight excluding hydrogens is 258 g/mol. The fraction of sp³-hybridized carbons (Fsp3) is 0.538. The summed E-state index contributed by atoms with van der Waals surface area (Å²) in [6.45, 7) is 4.88. The molecule has 1 amide bonds. The monoisotopic (exact) mass is 279 g/mol. The number of ether oxygens (including phenoxy) is 1. The first-order valence-corrected chi connectivity index (χ1v) is 6.75. The molecule has 1 aromatic rings. The highest BCUT2D eigenvalue weighted by Crippen LogP contribution is 2.13. The van der Waals surface area contributed by atoms with Crippen LogP contribution >= 0.6 is 0 Å². The lowest BCUT2D eigenvalue weighted by atomic mass is 10.2. The summed E-state index contributed by atoms with van der Waals surface area (Å²) in [4.78, 5) is 18.4. The van der Waals surface area contributed by atoms with E-state index in [4.69, 9.17) is 10.6 Å². The number of hydrazine groups is 1. The lowest BCUT2D eigenvalue weighted by molar-refractivity contribution is -0.132. The molecular formula is C13H21N5O2. The van der Waals surface area contributed by atoms with Gasteiger partial charge in [0.15, 0.2) is 0 Å². The predicted molar refractivity (Wildman–Crippen MR) is 75.7 cm³/mol. The fourth-order valence-electron chi connectivity index (χ4n) is 2.22.